The number of imidazole rings is 1. The zero-order chi connectivity index (χ0) is 19.7. The summed E-state index contributed by atoms with van der Waals surface area (Å²) in [6.07, 6.45) is 3.56. The van der Waals surface area contributed by atoms with Crippen LogP contribution in [0.3, 0.4) is 0 Å². The molecule has 2 aromatic carbocycles. The van der Waals surface area contributed by atoms with Crippen molar-refractivity contribution in [2.75, 3.05) is 5.32 Å². The fourth-order valence-electron chi connectivity index (χ4n) is 3.08. The number of fused-ring (bicyclic) bond motifs is 1. The van der Waals surface area contributed by atoms with Gasteiger partial charge in [-0.25, -0.2) is 9.97 Å². The van der Waals surface area contributed by atoms with Crippen molar-refractivity contribution in [3.8, 4) is 11.3 Å². The summed E-state index contributed by atoms with van der Waals surface area (Å²) in [5, 5.41) is 14.0. The number of aromatic carboxylic acids is 1. The first-order valence-corrected chi connectivity index (χ1v) is 8.56. The van der Waals surface area contributed by atoms with Gasteiger partial charge in [0.05, 0.1) is 11.7 Å². The van der Waals surface area contributed by atoms with Gasteiger partial charge in [0.15, 0.2) is 0 Å². The molecule has 7 nitrogen and oxygen atoms in total. The Morgan fingerprint density at radius 2 is 1.82 bits per heavy atom. The van der Waals surface area contributed by atoms with E-state index in [0.717, 1.165) is 17.0 Å². The van der Waals surface area contributed by atoms with E-state index in [-0.39, 0.29) is 11.1 Å². The average Bonchev–Trinajstić information content (AvgIpc) is 3.05. The molecule has 28 heavy (non-hydrogen) atoms. The van der Waals surface area contributed by atoms with Crippen molar-refractivity contribution in [2.45, 2.75) is 6.92 Å². The number of hydrogen-bond donors (Lipinski definition) is 1. The van der Waals surface area contributed by atoms with Crippen LogP contribution >= 0.6 is 0 Å². The zero-order valence-corrected chi connectivity index (χ0v) is 14.9. The number of rotatable bonds is 4. The van der Waals surface area contributed by atoms with Gasteiger partial charge in [-0.15, -0.1) is 0 Å². The van der Waals surface area contributed by atoms with Crippen LogP contribution in [-0.4, -0.2) is 26.2 Å². The zero-order valence-electron chi connectivity index (χ0n) is 14.9. The standard InChI is InChI=1S/C21H16N4O3/c1-13-18(24-21-22-10-5-11-25(13)21)14-6-4-7-15(12-14)23-19(26)16-8-2-3-9-17(16)20(27)28/h2-12H,1H3,(H,23,26)(H,27,28)/p-1. The highest BCUT2D eigenvalue weighted by Gasteiger charge is 2.14. The maximum Gasteiger partial charge on any atom is 0.256 e. The molecule has 0 fully saturated rings. The normalized spacial score (nSPS) is 10.8. The molecule has 2 aromatic heterocycles. The second kappa shape index (κ2) is 6.96. The highest BCUT2D eigenvalue weighted by Crippen LogP contribution is 2.26. The van der Waals surface area contributed by atoms with E-state index in [9.17, 15) is 14.7 Å². The number of carbonyl (C=O) groups excluding carboxylic acids is 2. The van der Waals surface area contributed by atoms with Gasteiger partial charge in [-0.3, -0.25) is 9.20 Å². The molecular formula is C21H15N4O3-. The monoisotopic (exact) mass is 371 g/mol. The minimum absolute atomic E-state index is 0.0426. The Bertz CT molecular complexity index is 1210. The third kappa shape index (κ3) is 3.09. The van der Waals surface area contributed by atoms with Crippen LogP contribution in [-0.2, 0) is 0 Å². The van der Waals surface area contributed by atoms with E-state index in [4.69, 9.17) is 0 Å². The molecule has 0 atom stereocenters. The fraction of sp³-hybridized carbons (Fsp3) is 0.0476. The largest absolute Gasteiger partial charge is 0.545 e. The molecule has 0 spiro atoms. The maximum atomic E-state index is 12.6. The topological polar surface area (TPSA) is 99.4 Å². The number of carbonyl (C=O) groups is 2. The molecule has 7 heteroatoms. The van der Waals surface area contributed by atoms with E-state index in [1.807, 2.05) is 29.7 Å². The Morgan fingerprint density at radius 3 is 2.57 bits per heavy atom. The summed E-state index contributed by atoms with van der Waals surface area (Å²) < 4.78 is 1.89. The van der Waals surface area contributed by atoms with Crippen molar-refractivity contribution >= 4 is 23.3 Å². The van der Waals surface area contributed by atoms with E-state index in [1.54, 1.807) is 36.5 Å². The van der Waals surface area contributed by atoms with Gasteiger partial charge in [-0.05, 0) is 31.2 Å². The van der Waals surface area contributed by atoms with E-state index >= 15 is 0 Å². The Hall–Kier alpha value is -4.00. The van der Waals surface area contributed by atoms with Gasteiger partial charge < -0.3 is 15.2 Å². The second-order valence-electron chi connectivity index (χ2n) is 6.20. The summed E-state index contributed by atoms with van der Waals surface area (Å²) >= 11 is 0. The Morgan fingerprint density at radius 1 is 1.04 bits per heavy atom. The molecule has 0 unspecified atom stereocenters. The molecule has 1 amide bonds. The van der Waals surface area contributed by atoms with Gasteiger partial charge in [-0.2, -0.15) is 0 Å². The number of carboxylic acids is 1. The number of nitrogens with one attached hydrogen (secondary N) is 1. The predicted octanol–water partition coefficient (Wildman–Crippen LogP) is 2.32. The van der Waals surface area contributed by atoms with Crippen molar-refractivity contribution in [3.63, 3.8) is 0 Å². The van der Waals surface area contributed by atoms with Crippen molar-refractivity contribution in [1.29, 1.82) is 0 Å². The number of hydrogen-bond acceptors (Lipinski definition) is 5. The Kier molecular flexibility index (Phi) is 4.33. The van der Waals surface area contributed by atoms with Crippen LogP contribution in [0.25, 0.3) is 17.0 Å². The molecule has 0 aliphatic carbocycles. The van der Waals surface area contributed by atoms with Gasteiger partial charge in [0, 0.05) is 40.5 Å². The lowest BCUT2D eigenvalue weighted by atomic mass is 10.1. The van der Waals surface area contributed by atoms with E-state index in [2.05, 4.69) is 15.3 Å². The number of aromatic nitrogens is 3. The summed E-state index contributed by atoms with van der Waals surface area (Å²) in [4.78, 5) is 32.6. The quantitative estimate of drug-likeness (QED) is 0.593. The van der Waals surface area contributed by atoms with E-state index in [0.29, 0.717) is 11.5 Å². The molecule has 0 aliphatic rings. The number of aryl methyl sites for hydroxylation is 1. The first kappa shape index (κ1) is 17.4. The maximum absolute atomic E-state index is 12.6. The molecule has 0 radical (unpaired) electrons. The average molecular weight is 371 g/mol. The molecule has 0 bridgehead atoms. The molecule has 4 rings (SSSR count). The number of carboxylic acid groups (broad SMARTS) is 1. The van der Waals surface area contributed by atoms with Crippen molar-refractivity contribution in [3.05, 3.63) is 83.8 Å². The third-order valence-corrected chi connectivity index (χ3v) is 4.43. The summed E-state index contributed by atoms with van der Waals surface area (Å²) in [7, 11) is 0. The number of amides is 1. The van der Waals surface area contributed by atoms with Crippen molar-refractivity contribution in [2.24, 2.45) is 0 Å². The summed E-state index contributed by atoms with van der Waals surface area (Å²) in [6, 6.07) is 15.0. The van der Waals surface area contributed by atoms with Gasteiger partial charge >= 0.3 is 0 Å². The van der Waals surface area contributed by atoms with Crippen LogP contribution in [0, 0.1) is 6.92 Å². The van der Waals surface area contributed by atoms with Crippen LogP contribution < -0.4 is 10.4 Å². The fourth-order valence-corrected chi connectivity index (χ4v) is 3.08. The smallest absolute Gasteiger partial charge is 0.256 e. The van der Waals surface area contributed by atoms with Gasteiger partial charge in [0.2, 0.25) is 5.78 Å². The number of nitrogens with zero attached hydrogens (tertiary/aromatic N) is 3. The predicted molar refractivity (Wildman–Crippen MR) is 102 cm³/mol. The second-order valence-corrected chi connectivity index (χ2v) is 6.20. The minimum atomic E-state index is -1.40. The number of anilines is 1. The third-order valence-electron chi connectivity index (χ3n) is 4.43. The highest BCUT2D eigenvalue weighted by atomic mass is 16.4. The van der Waals surface area contributed by atoms with Crippen LogP contribution in [0.2, 0.25) is 0 Å². The molecule has 0 aliphatic heterocycles. The van der Waals surface area contributed by atoms with Gasteiger partial charge in [0.1, 0.15) is 0 Å². The van der Waals surface area contributed by atoms with Gasteiger partial charge in [-0.1, -0.05) is 30.3 Å². The van der Waals surface area contributed by atoms with Crippen LogP contribution in [0.15, 0.2) is 67.0 Å². The minimum Gasteiger partial charge on any atom is -0.545 e. The first-order valence-electron chi connectivity index (χ1n) is 8.56. The summed E-state index contributed by atoms with van der Waals surface area (Å²) in [5.41, 5.74) is 2.91. The molecule has 1 N–H and O–H groups in total. The van der Waals surface area contributed by atoms with Crippen molar-refractivity contribution < 1.29 is 14.7 Å². The van der Waals surface area contributed by atoms with Crippen molar-refractivity contribution in [1.82, 2.24) is 14.4 Å². The van der Waals surface area contributed by atoms with E-state index < -0.39 is 11.9 Å². The lowest BCUT2D eigenvalue weighted by Crippen LogP contribution is -2.26. The molecule has 138 valence electrons. The van der Waals surface area contributed by atoms with E-state index in [1.165, 1.54) is 12.1 Å². The van der Waals surface area contributed by atoms with Gasteiger partial charge in [0.25, 0.3) is 5.91 Å². The van der Waals surface area contributed by atoms with Crippen LogP contribution in [0.1, 0.15) is 26.4 Å². The lowest BCUT2D eigenvalue weighted by molar-refractivity contribution is -0.255. The Labute approximate surface area is 160 Å². The highest BCUT2D eigenvalue weighted by molar-refractivity contribution is 6.10. The summed E-state index contributed by atoms with van der Waals surface area (Å²) in [6.45, 7) is 1.94. The molecule has 0 saturated carbocycles. The molecule has 4 aromatic rings. The summed E-state index contributed by atoms with van der Waals surface area (Å²) in [5.74, 6) is -1.33. The molecule has 2 heterocycles. The SMILES string of the molecule is Cc1c(-c2cccc(NC(=O)c3ccccc3C(=O)[O-])c2)nc2ncccn12. The number of benzene rings is 2. The van der Waals surface area contributed by atoms with Crippen LogP contribution in [0.4, 0.5) is 5.69 Å². The first-order chi connectivity index (χ1) is 13.5. The molecular weight excluding hydrogens is 356 g/mol. The Balaban J connectivity index is 1.67. The molecule has 0 saturated heterocycles. The lowest BCUT2D eigenvalue weighted by Gasteiger charge is -2.11. The van der Waals surface area contributed by atoms with Crippen LogP contribution in [0.5, 0.6) is 0 Å².